The molecule has 1 aromatic carbocycles. The Bertz CT molecular complexity index is 550. The molecule has 92 valence electrons. The molecule has 2 aliphatic heterocycles. The van der Waals surface area contributed by atoms with Gasteiger partial charge in [-0.1, -0.05) is 42.5 Å². The van der Waals surface area contributed by atoms with Crippen LogP contribution in [-0.4, -0.2) is 17.0 Å². The van der Waals surface area contributed by atoms with E-state index in [2.05, 4.69) is 5.32 Å². The average molecular weight is 259 g/mol. The molecule has 0 saturated carbocycles. The van der Waals surface area contributed by atoms with Gasteiger partial charge in [-0.05, 0) is 12.5 Å². The Morgan fingerprint density at radius 3 is 2.78 bits per heavy atom. The van der Waals surface area contributed by atoms with E-state index in [9.17, 15) is 4.79 Å². The van der Waals surface area contributed by atoms with Crippen molar-refractivity contribution in [2.24, 2.45) is 5.92 Å². The van der Waals surface area contributed by atoms with E-state index in [0.29, 0.717) is 10.6 Å². The van der Waals surface area contributed by atoms with Gasteiger partial charge >= 0.3 is 0 Å². The van der Waals surface area contributed by atoms with Crippen molar-refractivity contribution in [2.45, 2.75) is 19.4 Å². The second-order valence-corrected chi connectivity index (χ2v) is 5.08. The number of ether oxygens (including phenoxy) is 1. The molecule has 4 heteroatoms. The summed E-state index contributed by atoms with van der Waals surface area (Å²) in [7, 11) is 0. The van der Waals surface area contributed by atoms with E-state index in [0.717, 1.165) is 17.7 Å². The third-order valence-electron chi connectivity index (χ3n) is 3.30. The fourth-order valence-corrected chi connectivity index (χ4v) is 2.79. The maximum Gasteiger partial charge on any atom is 0.260 e. The minimum Gasteiger partial charge on any atom is -0.493 e. The van der Waals surface area contributed by atoms with Gasteiger partial charge in [0.1, 0.15) is 5.76 Å². The third-order valence-corrected chi connectivity index (χ3v) is 3.69. The number of carbonyl (C=O) groups is 1. The predicted molar refractivity (Wildman–Crippen MR) is 72.8 cm³/mol. The smallest absolute Gasteiger partial charge is 0.260 e. The molecule has 1 fully saturated rings. The first kappa shape index (κ1) is 11.4. The van der Waals surface area contributed by atoms with E-state index in [-0.39, 0.29) is 17.9 Å². The van der Waals surface area contributed by atoms with Gasteiger partial charge in [0.25, 0.3) is 5.91 Å². The highest BCUT2D eigenvalue weighted by Crippen LogP contribution is 2.38. The number of nitrogens with one attached hydrogen (secondary N) is 1. The van der Waals surface area contributed by atoms with Crippen LogP contribution in [0.2, 0.25) is 0 Å². The topological polar surface area (TPSA) is 38.3 Å². The molecule has 1 N–H and O–H groups in total. The summed E-state index contributed by atoms with van der Waals surface area (Å²) in [5.41, 5.74) is 1.50. The Morgan fingerprint density at radius 1 is 1.33 bits per heavy atom. The minimum atomic E-state index is -0.161. The maximum atomic E-state index is 12.1. The van der Waals surface area contributed by atoms with Crippen LogP contribution in [0.3, 0.4) is 0 Å². The molecule has 2 heterocycles. The van der Waals surface area contributed by atoms with Crippen LogP contribution in [-0.2, 0) is 9.53 Å². The van der Waals surface area contributed by atoms with Crippen LogP contribution in [0.15, 0.2) is 36.1 Å². The summed E-state index contributed by atoms with van der Waals surface area (Å²) >= 11 is 5.23. The van der Waals surface area contributed by atoms with Gasteiger partial charge < -0.3 is 10.1 Å². The van der Waals surface area contributed by atoms with E-state index < -0.39 is 0 Å². The molecule has 1 saturated heterocycles. The summed E-state index contributed by atoms with van der Waals surface area (Å²) in [6.45, 7) is 2.00. The van der Waals surface area contributed by atoms with Crippen molar-refractivity contribution in [3.63, 3.8) is 0 Å². The monoisotopic (exact) mass is 259 g/mol. The number of rotatable bonds is 1. The zero-order valence-corrected chi connectivity index (χ0v) is 10.8. The van der Waals surface area contributed by atoms with Crippen molar-refractivity contribution in [1.29, 1.82) is 0 Å². The van der Waals surface area contributed by atoms with Crippen LogP contribution < -0.4 is 5.32 Å². The number of hydrogen-bond acceptors (Lipinski definition) is 3. The quantitative estimate of drug-likeness (QED) is 0.786. The molecule has 0 spiro atoms. The van der Waals surface area contributed by atoms with Crippen LogP contribution >= 0.6 is 12.2 Å². The molecule has 2 aliphatic rings. The van der Waals surface area contributed by atoms with Crippen molar-refractivity contribution >= 4 is 28.7 Å². The van der Waals surface area contributed by atoms with Crippen molar-refractivity contribution in [2.75, 3.05) is 0 Å². The summed E-state index contributed by atoms with van der Waals surface area (Å²) in [4.78, 5) is 12.7. The van der Waals surface area contributed by atoms with E-state index in [1.165, 1.54) is 0 Å². The standard InChI is InChI=1S/C14H13NO2S/c1-8-7-10-12(17-8)11(13(16)15-14(10)18)9-5-3-2-4-6-9/h2-6,8,10H,7H2,1H3,(H,15,16,18)/t8-,10-/m1/s1. The van der Waals surface area contributed by atoms with E-state index in [1.807, 2.05) is 37.3 Å². The van der Waals surface area contributed by atoms with E-state index >= 15 is 0 Å². The molecule has 1 amide bonds. The summed E-state index contributed by atoms with van der Waals surface area (Å²) in [5, 5.41) is 2.77. The van der Waals surface area contributed by atoms with Gasteiger partial charge in [-0.3, -0.25) is 4.79 Å². The Labute approximate surface area is 111 Å². The molecule has 0 aliphatic carbocycles. The van der Waals surface area contributed by atoms with E-state index in [4.69, 9.17) is 17.0 Å². The second-order valence-electron chi connectivity index (χ2n) is 4.64. The Morgan fingerprint density at radius 2 is 2.06 bits per heavy atom. The lowest BCUT2D eigenvalue weighted by Gasteiger charge is -2.22. The molecule has 18 heavy (non-hydrogen) atoms. The summed E-state index contributed by atoms with van der Waals surface area (Å²) < 4.78 is 5.80. The molecule has 2 atom stereocenters. The molecule has 1 aromatic rings. The number of hydrogen-bond donors (Lipinski definition) is 1. The highest BCUT2D eigenvalue weighted by molar-refractivity contribution is 7.80. The van der Waals surface area contributed by atoms with Crippen molar-refractivity contribution in [1.82, 2.24) is 5.32 Å². The van der Waals surface area contributed by atoms with E-state index in [1.54, 1.807) is 0 Å². The van der Waals surface area contributed by atoms with Crippen LogP contribution in [0.5, 0.6) is 0 Å². The molecular weight excluding hydrogens is 246 g/mol. The van der Waals surface area contributed by atoms with Crippen molar-refractivity contribution < 1.29 is 9.53 Å². The Hall–Kier alpha value is -1.68. The van der Waals surface area contributed by atoms with Gasteiger partial charge in [0.15, 0.2) is 0 Å². The summed E-state index contributed by atoms with van der Waals surface area (Å²) in [6, 6.07) is 9.59. The summed E-state index contributed by atoms with van der Waals surface area (Å²) in [5.74, 6) is 0.622. The molecule has 3 rings (SSSR count). The van der Waals surface area contributed by atoms with Crippen molar-refractivity contribution in [3.8, 4) is 0 Å². The molecular formula is C14H13NO2S. The van der Waals surface area contributed by atoms with Gasteiger partial charge in [0.05, 0.1) is 22.6 Å². The summed E-state index contributed by atoms with van der Waals surface area (Å²) in [6.07, 6.45) is 0.944. The Kier molecular flexibility index (Phi) is 2.67. The van der Waals surface area contributed by atoms with Gasteiger partial charge in [0.2, 0.25) is 0 Å². The predicted octanol–water partition coefficient (Wildman–Crippen LogP) is 2.28. The van der Waals surface area contributed by atoms with Crippen LogP contribution in [0.25, 0.3) is 5.57 Å². The van der Waals surface area contributed by atoms with Gasteiger partial charge in [-0.25, -0.2) is 0 Å². The molecule has 0 aromatic heterocycles. The zero-order valence-electron chi connectivity index (χ0n) is 9.97. The largest absolute Gasteiger partial charge is 0.493 e. The number of thiocarbonyl (C=S) groups is 1. The van der Waals surface area contributed by atoms with Crippen molar-refractivity contribution in [3.05, 3.63) is 41.7 Å². The third kappa shape index (κ3) is 1.73. The first-order valence-electron chi connectivity index (χ1n) is 5.98. The van der Waals surface area contributed by atoms with Crippen LogP contribution in [0.1, 0.15) is 18.9 Å². The fourth-order valence-electron chi connectivity index (χ4n) is 2.50. The second kappa shape index (κ2) is 4.21. The van der Waals surface area contributed by atoms with Crippen LogP contribution in [0, 0.1) is 5.92 Å². The van der Waals surface area contributed by atoms with Gasteiger partial charge in [0, 0.05) is 6.42 Å². The van der Waals surface area contributed by atoms with Gasteiger partial charge in [-0.15, -0.1) is 0 Å². The zero-order chi connectivity index (χ0) is 12.7. The van der Waals surface area contributed by atoms with Gasteiger partial charge in [-0.2, -0.15) is 0 Å². The minimum absolute atomic E-state index is 0.0444. The molecule has 0 radical (unpaired) electrons. The number of amides is 1. The number of benzene rings is 1. The lowest BCUT2D eigenvalue weighted by molar-refractivity contribution is -0.114. The SMILES string of the molecule is C[C@@H]1C[C@H]2C(=S)NC(=O)C(c3ccccc3)=C2O1. The highest BCUT2D eigenvalue weighted by atomic mass is 32.1. The first-order chi connectivity index (χ1) is 8.66. The van der Waals surface area contributed by atoms with Crippen LogP contribution in [0.4, 0.5) is 0 Å². The maximum absolute atomic E-state index is 12.1. The lowest BCUT2D eigenvalue weighted by atomic mass is 9.92. The number of carbonyl (C=O) groups excluding carboxylic acids is 1. The first-order valence-corrected chi connectivity index (χ1v) is 6.39. The fraction of sp³-hybridized carbons (Fsp3) is 0.286. The normalized spacial score (nSPS) is 26.7. The molecule has 0 unspecified atom stereocenters. The highest BCUT2D eigenvalue weighted by Gasteiger charge is 2.40. The lowest BCUT2D eigenvalue weighted by Crippen LogP contribution is -2.39. The molecule has 0 bridgehead atoms. The number of fused-ring (bicyclic) bond motifs is 1. The Balaban J connectivity index is 2.15. The molecule has 3 nitrogen and oxygen atoms in total. The average Bonchev–Trinajstić information content (AvgIpc) is 2.72.